The molecule has 0 saturated carbocycles. The zero-order chi connectivity index (χ0) is 11.1. The van der Waals surface area contributed by atoms with Crippen molar-refractivity contribution in [3.05, 3.63) is 41.5 Å². The van der Waals surface area contributed by atoms with Crippen LogP contribution < -0.4 is 5.32 Å². The van der Waals surface area contributed by atoms with Gasteiger partial charge in [0.1, 0.15) is 0 Å². The van der Waals surface area contributed by atoms with Gasteiger partial charge in [0.25, 0.3) is 0 Å². The number of carboxylic acid groups (broad SMARTS) is 1. The van der Waals surface area contributed by atoms with Crippen molar-refractivity contribution in [2.75, 3.05) is 11.9 Å². The van der Waals surface area contributed by atoms with E-state index in [-0.39, 0.29) is 0 Å². The lowest BCUT2D eigenvalue weighted by molar-refractivity contribution is 0.0697. The molecule has 0 unspecified atom stereocenters. The highest BCUT2D eigenvalue weighted by Gasteiger charge is 2.13. The summed E-state index contributed by atoms with van der Waals surface area (Å²) < 4.78 is 0. The van der Waals surface area contributed by atoms with Crippen molar-refractivity contribution in [2.45, 2.75) is 6.42 Å². The van der Waals surface area contributed by atoms with Crippen LogP contribution in [0, 0.1) is 0 Å². The van der Waals surface area contributed by atoms with Crippen LogP contribution in [0.25, 0.3) is 10.8 Å². The molecule has 0 spiro atoms. The molecule has 16 heavy (non-hydrogen) atoms. The van der Waals surface area contributed by atoms with Gasteiger partial charge in [0, 0.05) is 12.2 Å². The summed E-state index contributed by atoms with van der Waals surface area (Å²) in [7, 11) is 0. The topological polar surface area (TPSA) is 49.3 Å². The van der Waals surface area contributed by atoms with Gasteiger partial charge < -0.3 is 10.4 Å². The second-order valence-corrected chi connectivity index (χ2v) is 4.01. The fourth-order valence-electron chi connectivity index (χ4n) is 2.28. The van der Waals surface area contributed by atoms with Crippen LogP contribution in [0.15, 0.2) is 30.3 Å². The van der Waals surface area contributed by atoms with Crippen molar-refractivity contribution in [1.29, 1.82) is 0 Å². The number of anilines is 1. The highest BCUT2D eigenvalue weighted by molar-refractivity contribution is 5.97. The van der Waals surface area contributed by atoms with Crippen molar-refractivity contribution in [3.8, 4) is 0 Å². The highest BCUT2D eigenvalue weighted by atomic mass is 16.4. The first-order chi connectivity index (χ1) is 7.75. The Balaban J connectivity index is 2.28. The fraction of sp³-hybridized carbons (Fsp3) is 0.154. The number of hydrogen-bond acceptors (Lipinski definition) is 2. The summed E-state index contributed by atoms with van der Waals surface area (Å²) in [6, 6.07) is 9.30. The molecular formula is C13H11NO2. The molecule has 80 valence electrons. The predicted molar refractivity (Wildman–Crippen MR) is 63.1 cm³/mol. The highest BCUT2D eigenvalue weighted by Crippen LogP contribution is 2.30. The second-order valence-electron chi connectivity index (χ2n) is 4.01. The summed E-state index contributed by atoms with van der Waals surface area (Å²) in [5.41, 5.74) is 2.82. The fourth-order valence-corrected chi connectivity index (χ4v) is 2.28. The molecule has 2 N–H and O–H groups in total. The zero-order valence-electron chi connectivity index (χ0n) is 8.66. The molecule has 2 aromatic rings. The molecule has 0 bridgehead atoms. The lowest BCUT2D eigenvalue weighted by atomic mass is 10.0. The molecule has 0 amide bonds. The number of aromatic carboxylic acids is 1. The van der Waals surface area contributed by atoms with Crippen molar-refractivity contribution in [1.82, 2.24) is 0 Å². The Morgan fingerprint density at radius 1 is 1.25 bits per heavy atom. The van der Waals surface area contributed by atoms with Crippen LogP contribution in [-0.4, -0.2) is 17.6 Å². The maximum absolute atomic E-state index is 10.9. The van der Waals surface area contributed by atoms with Crippen LogP contribution in [0.3, 0.4) is 0 Å². The van der Waals surface area contributed by atoms with E-state index < -0.39 is 5.97 Å². The van der Waals surface area contributed by atoms with Gasteiger partial charge in [-0.2, -0.15) is 0 Å². The van der Waals surface area contributed by atoms with Gasteiger partial charge in [-0.05, 0) is 41.0 Å². The number of carboxylic acids is 1. The average Bonchev–Trinajstić information content (AvgIpc) is 2.76. The third-order valence-corrected chi connectivity index (χ3v) is 3.07. The van der Waals surface area contributed by atoms with E-state index in [1.807, 2.05) is 18.2 Å². The summed E-state index contributed by atoms with van der Waals surface area (Å²) in [6.45, 7) is 0.967. The van der Waals surface area contributed by atoms with Gasteiger partial charge in [-0.3, -0.25) is 0 Å². The molecule has 1 aliphatic heterocycles. The van der Waals surface area contributed by atoms with Crippen LogP contribution >= 0.6 is 0 Å². The van der Waals surface area contributed by atoms with E-state index >= 15 is 0 Å². The molecule has 0 fully saturated rings. The molecule has 0 aliphatic carbocycles. The van der Waals surface area contributed by atoms with E-state index in [9.17, 15) is 4.79 Å². The van der Waals surface area contributed by atoms with Crippen LogP contribution in [-0.2, 0) is 6.42 Å². The van der Waals surface area contributed by atoms with Gasteiger partial charge in [-0.1, -0.05) is 12.1 Å². The molecule has 3 nitrogen and oxygen atoms in total. The standard InChI is InChI=1S/C13H11NO2/c15-13(16)9-1-3-10-8(7-9)2-4-12-11(10)5-6-14-12/h1-4,7,14H,5-6H2,(H,15,16). The van der Waals surface area contributed by atoms with Gasteiger partial charge in [-0.15, -0.1) is 0 Å². The van der Waals surface area contributed by atoms with E-state index in [1.54, 1.807) is 12.1 Å². The van der Waals surface area contributed by atoms with Crippen molar-refractivity contribution >= 4 is 22.4 Å². The van der Waals surface area contributed by atoms with Crippen LogP contribution in [0.4, 0.5) is 5.69 Å². The average molecular weight is 213 g/mol. The number of nitrogens with one attached hydrogen (secondary N) is 1. The quantitative estimate of drug-likeness (QED) is 0.765. The van der Waals surface area contributed by atoms with Gasteiger partial charge in [-0.25, -0.2) is 4.79 Å². The Morgan fingerprint density at radius 2 is 2.12 bits per heavy atom. The monoisotopic (exact) mass is 213 g/mol. The van der Waals surface area contributed by atoms with Crippen molar-refractivity contribution < 1.29 is 9.90 Å². The minimum absolute atomic E-state index is 0.346. The first kappa shape index (κ1) is 9.21. The first-order valence-corrected chi connectivity index (χ1v) is 5.28. The minimum Gasteiger partial charge on any atom is -0.478 e. The summed E-state index contributed by atoms with van der Waals surface area (Å²) >= 11 is 0. The largest absolute Gasteiger partial charge is 0.478 e. The lowest BCUT2D eigenvalue weighted by Crippen LogP contribution is -1.95. The summed E-state index contributed by atoms with van der Waals surface area (Å²) in [4.78, 5) is 10.9. The number of carbonyl (C=O) groups is 1. The Bertz CT molecular complexity index is 590. The van der Waals surface area contributed by atoms with Gasteiger partial charge in [0.15, 0.2) is 0 Å². The first-order valence-electron chi connectivity index (χ1n) is 5.28. The predicted octanol–water partition coefficient (Wildman–Crippen LogP) is 2.51. The van der Waals surface area contributed by atoms with E-state index in [2.05, 4.69) is 5.32 Å². The van der Waals surface area contributed by atoms with Gasteiger partial charge >= 0.3 is 5.97 Å². The number of rotatable bonds is 1. The summed E-state index contributed by atoms with van der Waals surface area (Å²) in [5, 5.41) is 14.4. The Labute approximate surface area is 92.7 Å². The number of benzene rings is 2. The molecule has 3 heteroatoms. The smallest absolute Gasteiger partial charge is 0.335 e. The Hall–Kier alpha value is -2.03. The molecule has 0 aromatic heterocycles. The number of hydrogen-bond donors (Lipinski definition) is 2. The van der Waals surface area contributed by atoms with E-state index in [0.29, 0.717) is 5.56 Å². The van der Waals surface area contributed by atoms with Crippen molar-refractivity contribution in [2.24, 2.45) is 0 Å². The van der Waals surface area contributed by atoms with Crippen LogP contribution in [0.1, 0.15) is 15.9 Å². The SMILES string of the molecule is O=C(O)c1ccc2c3c(ccc2c1)NCC3. The van der Waals surface area contributed by atoms with Gasteiger partial charge in [0.05, 0.1) is 5.56 Å². The maximum atomic E-state index is 10.9. The van der Waals surface area contributed by atoms with Crippen molar-refractivity contribution in [3.63, 3.8) is 0 Å². The third-order valence-electron chi connectivity index (χ3n) is 3.07. The van der Waals surface area contributed by atoms with Gasteiger partial charge in [0.2, 0.25) is 0 Å². The van der Waals surface area contributed by atoms with E-state index in [1.165, 1.54) is 11.3 Å². The number of fused-ring (bicyclic) bond motifs is 3. The second kappa shape index (κ2) is 3.23. The normalized spacial score (nSPS) is 13.5. The third kappa shape index (κ3) is 1.25. The summed E-state index contributed by atoms with van der Waals surface area (Å²) in [5.74, 6) is -0.875. The molecule has 2 aromatic carbocycles. The van der Waals surface area contributed by atoms with Crippen LogP contribution in [0.5, 0.6) is 0 Å². The molecule has 0 radical (unpaired) electrons. The molecular weight excluding hydrogens is 202 g/mol. The molecule has 3 rings (SSSR count). The molecule has 1 heterocycles. The van der Waals surface area contributed by atoms with E-state index in [0.717, 1.165) is 23.7 Å². The maximum Gasteiger partial charge on any atom is 0.335 e. The van der Waals surface area contributed by atoms with Crippen LogP contribution in [0.2, 0.25) is 0 Å². The minimum atomic E-state index is -0.875. The zero-order valence-corrected chi connectivity index (χ0v) is 8.66. The lowest BCUT2D eigenvalue weighted by Gasteiger charge is -2.05. The summed E-state index contributed by atoms with van der Waals surface area (Å²) in [6.07, 6.45) is 1.01. The van der Waals surface area contributed by atoms with E-state index in [4.69, 9.17) is 5.11 Å². The molecule has 1 aliphatic rings. The Kier molecular flexibility index (Phi) is 1.86. The molecule has 0 atom stereocenters. The Morgan fingerprint density at radius 3 is 2.94 bits per heavy atom. The molecule has 0 saturated heterocycles.